The molecule has 1 aliphatic rings. The molecule has 2 aromatic heterocycles. The first kappa shape index (κ1) is 29.5. The molecule has 0 aliphatic heterocycles. The van der Waals surface area contributed by atoms with Gasteiger partial charge in [-0.05, 0) is 30.5 Å². The zero-order chi connectivity index (χ0) is 29.8. The van der Waals surface area contributed by atoms with Crippen molar-refractivity contribution >= 4 is 17.5 Å². The van der Waals surface area contributed by atoms with Gasteiger partial charge < -0.3 is 10.1 Å². The Morgan fingerprint density at radius 2 is 1.73 bits per heavy atom. The number of amides is 1. The first-order valence-corrected chi connectivity index (χ1v) is 11.5. The van der Waals surface area contributed by atoms with Crippen LogP contribution in [0.1, 0.15) is 28.8 Å². The van der Waals surface area contributed by atoms with Crippen molar-refractivity contribution in [1.29, 1.82) is 0 Å². The summed E-state index contributed by atoms with van der Waals surface area (Å²) < 4.78 is 138. The van der Waals surface area contributed by atoms with Gasteiger partial charge in [-0.15, -0.1) is 5.10 Å². The Kier molecular flexibility index (Phi) is 7.26. The number of aryl methyl sites for hydroxylation is 1. The Morgan fingerprint density at radius 3 is 2.30 bits per heavy atom. The second-order valence-corrected chi connectivity index (χ2v) is 9.21. The lowest BCUT2D eigenvalue weighted by Gasteiger charge is -2.27. The normalized spacial score (nSPS) is 14.9. The lowest BCUT2D eigenvalue weighted by molar-refractivity contribution is -0.358. The molecule has 18 heteroatoms. The first-order valence-electron chi connectivity index (χ1n) is 11.1. The van der Waals surface area contributed by atoms with Crippen LogP contribution in [0.2, 0.25) is 5.02 Å². The van der Waals surface area contributed by atoms with Crippen molar-refractivity contribution in [1.82, 2.24) is 24.9 Å². The Bertz CT molecular complexity index is 1430. The summed E-state index contributed by atoms with van der Waals surface area (Å²) in [6.45, 7) is -2.76. The third kappa shape index (κ3) is 5.55. The maximum absolute atomic E-state index is 13.9. The fourth-order valence-electron chi connectivity index (χ4n) is 3.52. The van der Waals surface area contributed by atoms with Gasteiger partial charge in [0.05, 0.1) is 16.8 Å². The highest BCUT2D eigenvalue weighted by atomic mass is 35.5. The summed E-state index contributed by atoms with van der Waals surface area (Å²) in [6, 6.07) is 4.21. The Hall–Kier alpha value is -3.50. The number of hydrogen-bond donors (Lipinski definition) is 1. The monoisotopic (exact) mass is 607 g/mol. The Balaban J connectivity index is 1.67. The second-order valence-electron chi connectivity index (χ2n) is 8.81. The van der Waals surface area contributed by atoms with Gasteiger partial charge in [0.25, 0.3) is 5.91 Å². The largest absolute Gasteiger partial charge is 0.469 e. The van der Waals surface area contributed by atoms with Gasteiger partial charge in [-0.25, -0.2) is 9.36 Å². The molecule has 1 N–H and O–H groups in total. The van der Waals surface area contributed by atoms with Crippen LogP contribution in [0.3, 0.4) is 0 Å². The molecule has 1 aliphatic carbocycles. The molecule has 0 atom stereocenters. The minimum atomic E-state index is -6.70. The fourth-order valence-corrected chi connectivity index (χ4v) is 3.72. The topological polar surface area (TPSA) is 74.0 Å². The average Bonchev–Trinajstić information content (AvgIpc) is 3.38. The van der Waals surface area contributed by atoms with Crippen LogP contribution in [0.25, 0.3) is 16.9 Å². The first-order chi connectivity index (χ1) is 18.3. The van der Waals surface area contributed by atoms with E-state index in [0.29, 0.717) is 14.9 Å². The van der Waals surface area contributed by atoms with Gasteiger partial charge in [-0.1, -0.05) is 17.7 Å². The number of halogens is 11. The van der Waals surface area contributed by atoms with Crippen molar-refractivity contribution in [3.05, 3.63) is 46.7 Å². The van der Waals surface area contributed by atoms with E-state index in [0.717, 1.165) is 32.3 Å². The van der Waals surface area contributed by atoms with Crippen LogP contribution in [0, 0.1) is 0 Å². The van der Waals surface area contributed by atoms with Crippen LogP contribution in [-0.4, -0.2) is 56.1 Å². The SMILES string of the molecule is Cn1nc(OCC(F)(F)C(F)(F)C(F)(F)F)c(C(F)(F)F)c1-n1cc(-c2ccc(Cl)c(C(=O)NC3CC3)c2)cn1. The molecule has 0 unspecified atom stereocenters. The molecule has 7 nitrogen and oxygen atoms in total. The maximum Gasteiger partial charge on any atom is 0.460 e. The van der Waals surface area contributed by atoms with E-state index in [1.165, 1.54) is 18.2 Å². The lowest BCUT2D eigenvalue weighted by atomic mass is 10.1. The zero-order valence-corrected chi connectivity index (χ0v) is 20.6. The zero-order valence-electron chi connectivity index (χ0n) is 19.8. The van der Waals surface area contributed by atoms with Gasteiger partial charge in [0, 0.05) is 24.8 Å². The van der Waals surface area contributed by atoms with Crippen LogP contribution in [0.5, 0.6) is 5.88 Å². The third-order valence-corrected chi connectivity index (χ3v) is 6.06. The van der Waals surface area contributed by atoms with Crippen LogP contribution >= 0.6 is 11.6 Å². The minimum Gasteiger partial charge on any atom is -0.469 e. The molecule has 40 heavy (non-hydrogen) atoms. The van der Waals surface area contributed by atoms with Gasteiger partial charge >= 0.3 is 24.2 Å². The molecule has 0 saturated heterocycles. The van der Waals surface area contributed by atoms with Crippen LogP contribution in [0.4, 0.5) is 43.9 Å². The van der Waals surface area contributed by atoms with E-state index in [9.17, 15) is 48.7 Å². The quantitative estimate of drug-likeness (QED) is 0.317. The summed E-state index contributed by atoms with van der Waals surface area (Å²) in [5.74, 6) is -15.6. The van der Waals surface area contributed by atoms with Gasteiger partial charge in [-0.2, -0.15) is 49.0 Å². The van der Waals surface area contributed by atoms with Crippen molar-refractivity contribution in [3.63, 3.8) is 0 Å². The van der Waals surface area contributed by atoms with E-state index in [-0.39, 0.29) is 22.2 Å². The number of alkyl halides is 10. The number of carbonyl (C=O) groups excluding carboxylic acids is 1. The summed E-state index contributed by atoms with van der Waals surface area (Å²) >= 11 is 6.10. The number of nitrogens with one attached hydrogen (secondary N) is 1. The molecule has 1 saturated carbocycles. The number of aromatic nitrogens is 4. The van der Waals surface area contributed by atoms with E-state index in [2.05, 4.69) is 20.3 Å². The molecule has 1 fully saturated rings. The second kappa shape index (κ2) is 9.85. The van der Waals surface area contributed by atoms with Crippen molar-refractivity contribution in [2.75, 3.05) is 6.61 Å². The van der Waals surface area contributed by atoms with E-state index in [1.54, 1.807) is 0 Å². The van der Waals surface area contributed by atoms with E-state index < -0.39 is 54.0 Å². The van der Waals surface area contributed by atoms with Gasteiger partial charge in [0.2, 0.25) is 5.88 Å². The Morgan fingerprint density at radius 1 is 1.07 bits per heavy atom. The highest BCUT2D eigenvalue weighted by molar-refractivity contribution is 6.34. The Labute approximate surface area is 222 Å². The number of benzene rings is 1. The van der Waals surface area contributed by atoms with Crippen LogP contribution < -0.4 is 10.1 Å². The molecule has 0 spiro atoms. The highest BCUT2D eigenvalue weighted by Gasteiger charge is 2.73. The summed E-state index contributed by atoms with van der Waals surface area (Å²) in [7, 11) is 0.907. The van der Waals surface area contributed by atoms with Crippen LogP contribution in [-0.2, 0) is 13.2 Å². The number of rotatable bonds is 8. The summed E-state index contributed by atoms with van der Waals surface area (Å²) in [4.78, 5) is 12.4. The molecule has 2 heterocycles. The van der Waals surface area contributed by atoms with E-state index in [4.69, 9.17) is 11.6 Å². The molecule has 0 bridgehead atoms. The van der Waals surface area contributed by atoms with Gasteiger partial charge in [0.15, 0.2) is 18.0 Å². The molecule has 3 aromatic rings. The number of nitrogens with zero attached hydrogens (tertiary/aromatic N) is 4. The number of ether oxygens (including phenoxy) is 1. The van der Waals surface area contributed by atoms with E-state index >= 15 is 0 Å². The molecule has 0 radical (unpaired) electrons. The molecule has 218 valence electrons. The van der Waals surface area contributed by atoms with Crippen molar-refractivity contribution in [3.8, 4) is 22.8 Å². The maximum atomic E-state index is 13.9. The predicted molar refractivity (Wildman–Crippen MR) is 118 cm³/mol. The predicted octanol–water partition coefficient (Wildman–Crippen LogP) is 6.05. The van der Waals surface area contributed by atoms with E-state index in [1.807, 2.05) is 0 Å². The molecule has 4 rings (SSSR count). The number of carbonyl (C=O) groups is 1. The number of hydrogen-bond acceptors (Lipinski definition) is 4. The molecule has 1 aromatic carbocycles. The minimum absolute atomic E-state index is 0.0108. The van der Waals surface area contributed by atoms with Crippen LogP contribution in [0.15, 0.2) is 30.6 Å². The molecular formula is C22H16ClF10N5O2. The lowest BCUT2D eigenvalue weighted by Crippen LogP contribution is -2.54. The van der Waals surface area contributed by atoms with Gasteiger partial charge in [0.1, 0.15) is 0 Å². The summed E-state index contributed by atoms with van der Waals surface area (Å²) in [5.41, 5.74) is -1.30. The van der Waals surface area contributed by atoms with Crippen molar-refractivity contribution in [2.45, 2.75) is 43.1 Å². The average molecular weight is 608 g/mol. The highest BCUT2D eigenvalue weighted by Crippen LogP contribution is 2.47. The smallest absolute Gasteiger partial charge is 0.460 e. The van der Waals surface area contributed by atoms with Crippen molar-refractivity contribution < 1.29 is 53.4 Å². The molecule has 1 amide bonds. The van der Waals surface area contributed by atoms with Crippen molar-refractivity contribution in [2.24, 2.45) is 7.05 Å². The molecular weight excluding hydrogens is 592 g/mol. The van der Waals surface area contributed by atoms with Gasteiger partial charge in [-0.3, -0.25) is 4.79 Å². The fraction of sp³-hybridized carbons (Fsp3) is 0.409. The third-order valence-electron chi connectivity index (χ3n) is 5.73. The summed E-state index contributed by atoms with van der Waals surface area (Å²) in [6.07, 6.45) is -8.35. The summed E-state index contributed by atoms with van der Waals surface area (Å²) in [5, 5.41) is 9.89. The standard InChI is InChI=1S/C22H16ClF10N5O2/c1-37-18(15(20(26,27)28)17(36-37)40-9-19(24,25)21(29,30)22(31,32)33)38-8-11(7-34-38)10-2-5-14(23)13(6-10)16(39)35-12-3-4-12/h2,5-8,12H,3-4,9H2,1H3,(H,35,39).